The highest BCUT2D eigenvalue weighted by Crippen LogP contribution is 2.52. The zero-order valence-corrected chi connectivity index (χ0v) is 15.3. The lowest BCUT2D eigenvalue weighted by atomic mass is 9.57. The van der Waals surface area contributed by atoms with Gasteiger partial charge < -0.3 is 14.9 Å². The molecule has 3 rings (SSSR count). The Kier molecular flexibility index (Phi) is 5.05. The molecule has 0 radical (unpaired) electrons. The Bertz CT molecular complexity index is 755. The molecule has 2 N–H and O–H groups in total. The van der Waals surface area contributed by atoms with Crippen molar-refractivity contribution in [2.75, 3.05) is 7.11 Å². The van der Waals surface area contributed by atoms with Gasteiger partial charge in [-0.05, 0) is 55.9 Å². The maximum absolute atomic E-state index is 12.2. The summed E-state index contributed by atoms with van der Waals surface area (Å²) in [5.74, 6) is -0.545. The second kappa shape index (κ2) is 7.12. The molecule has 1 aliphatic carbocycles. The molecule has 0 aromatic heterocycles. The van der Waals surface area contributed by atoms with E-state index in [1.165, 1.54) is 0 Å². The van der Waals surface area contributed by atoms with E-state index in [0.717, 1.165) is 11.1 Å². The van der Waals surface area contributed by atoms with Crippen LogP contribution >= 0.6 is 0 Å². The minimum atomic E-state index is -1.19. The van der Waals surface area contributed by atoms with E-state index in [1.807, 2.05) is 54.6 Å². The van der Waals surface area contributed by atoms with Gasteiger partial charge in [0.25, 0.3) is 0 Å². The quantitative estimate of drug-likeness (QED) is 0.851. The van der Waals surface area contributed by atoms with Crippen LogP contribution in [0.3, 0.4) is 0 Å². The van der Waals surface area contributed by atoms with Crippen LogP contribution in [-0.4, -0.2) is 23.3 Å². The summed E-state index contributed by atoms with van der Waals surface area (Å²) in [6, 6.07) is 17.2. The number of benzene rings is 2. The van der Waals surface area contributed by atoms with Crippen molar-refractivity contribution in [2.45, 2.75) is 38.2 Å². The number of carbonyl (C=O) groups is 1. The lowest BCUT2D eigenvalue weighted by Crippen LogP contribution is -2.52. The van der Waals surface area contributed by atoms with Crippen LogP contribution in [0.2, 0.25) is 0 Å². The smallest absolute Gasteiger partial charge is 0.309 e. The Hall–Kier alpha value is -2.33. The molecular formula is C22H26O4. The van der Waals surface area contributed by atoms with Crippen molar-refractivity contribution in [3.8, 4) is 5.75 Å². The second-order valence-corrected chi connectivity index (χ2v) is 7.47. The lowest BCUT2D eigenvalue weighted by molar-refractivity contribution is -0.171. The van der Waals surface area contributed by atoms with Crippen molar-refractivity contribution in [1.29, 1.82) is 0 Å². The summed E-state index contributed by atoms with van der Waals surface area (Å²) in [6.07, 6.45) is 2.32. The third-order valence-corrected chi connectivity index (χ3v) is 5.96. The molecule has 0 saturated heterocycles. The molecule has 0 amide bonds. The standard InChI is InChI=1S/C22H26O4/c1-21(20(23)24)13-6-14-22(25,17-9-11-18(26-2)12-10-17)19(21)15-16-7-4-3-5-8-16/h3-5,7-12,19,25H,6,13-15H2,1-2H3,(H,23,24)/t19-,21+,22+/m1/s1. The van der Waals surface area contributed by atoms with E-state index in [1.54, 1.807) is 14.0 Å². The van der Waals surface area contributed by atoms with Crippen molar-refractivity contribution in [3.63, 3.8) is 0 Å². The van der Waals surface area contributed by atoms with Crippen molar-refractivity contribution in [3.05, 3.63) is 65.7 Å². The van der Waals surface area contributed by atoms with Gasteiger partial charge in [0.1, 0.15) is 5.75 Å². The van der Waals surface area contributed by atoms with Crippen LogP contribution in [0.1, 0.15) is 37.3 Å². The maximum atomic E-state index is 12.2. The zero-order valence-electron chi connectivity index (χ0n) is 15.3. The number of aliphatic carboxylic acids is 1. The normalized spacial score (nSPS) is 28.5. The predicted octanol–water partition coefficient (Wildman–Crippen LogP) is 4.02. The Morgan fingerprint density at radius 2 is 1.77 bits per heavy atom. The van der Waals surface area contributed by atoms with E-state index < -0.39 is 22.9 Å². The van der Waals surface area contributed by atoms with Crippen molar-refractivity contribution < 1.29 is 19.7 Å². The van der Waals surface area contributed by atoms with Gasteiger partial charge in [0.2, 0.25) is 0 Å². The topological polar surface area (TPSA) is 66.8 Å². The average molecular weight is 354 g/mol. The molecule has 0 aliphatic heterocycles. The van der Waals surface area contributed by atoms with Crippen molar-refractivity contribution in [1.82, 2.24) is 0 Å². The molecule has 4 heteroatoms. The number of carboxylic acids is 1. The molecule has 4 nitrogen and oxygen atoms in total. The zero-order chi connectivity index (χ0) is 18.8. The Morgan fingerprint density at radius 1 is 1.12 bits per heavy atom. The lowest BCUT2D eigenvalue weighted by Gasteiger charge is -2.49. The summed E-state index contributed by atoms with van der Waals surface area (Å²) in [4.78, 5) is 12.2. The number of hydrogen-bond donors (Lipinski definition) is 2. The first-order valence-corrected chi connectivity index (χ1v) is 9.04. The van der Waals surface area contributed by atoms with Gasteiger partial charge >= 0.3 is 5.97 Å². The third kappa shape index (κ3) is 3.21. The molecule has 1 fully saturated rings. The molecule has 0 spiro atoms. The first-order chi connectivity index (χ1) is 12.4. The summed E-state index contributed by atoms with van der Waals surface area (Å²) < 4.78 is 5.22. The molecule has 0 unspecified atom stereocenters. The van der Waals surface area contributed by atoms with E-state index in [0.29, 0.717) is 31.4 Å². The highest BCUT2D eigenvalue weighted by molar-refractivity contribution is 5.75. The summed E-state index contributed by atoms with van der Waals surface area (Å²) >= 11 is 0. The van der Waals surface area contributed by atoms with Gasteiger partial charge in [0.05, 0.1) is 18.1 Å². The van der Waals surface area contributed by atoms with E-state index in [4.69, 9.17) is 4.74 Å². The number of aliphatic hydroxyl groups is 1. The van der Waals surface area contributed by atoms with Crippen LogP contribution < -0.4 is 4.74 Å². The van der Waals surface area contributed by atoms with Gasteiger partial charge in [-0.25, -0.2) is 0 Å². The van der Waals surface area contributed by atoms with Crippen LogP contribution in [-0.2, 0) is 16.8 Å². The van der Waals surface area contributed by atoms with Gasteiger partial charge in [0.15, 0.2) is 0 Å². The maximum Gasteiger partial charge on any atom is 0.309 e. The molecule has 3 atom stereocenters. The fourth-order valence-electron chi connectivity index (χ4n) is 4.33. The molecule has 1 saturated carbocycles. The van der Waals surface area contributed by atoms with E-state index in [2.05, 4.69) is 0 Å². The first-order valence-electron chi connectivity index (χ1n) is 9.04. The highest BCUT2D eigenvalue weighted by atomic mass is 16.5. The molecule has 0 heterocycles. The van der Waals surface area contributed by atoms with Crippen LogP contribution in [0.4, 0.5) is 0 Å². The largest absolute Gasteiger partial charge is 0.497 e. The molecule has 26 heavy (non-hydrogen) atoms. The number of rotatable bonds is 5. The van der Waals surface area contributed by atoms with Gasteiger partial charge in [-0.15, -0.1) is 0 Å². The Balaban J connectivity index is 2.05. The van der Waals surface area contributed by atoms with E-state index >= 15 is 0 Å². The van der Waals surface area contributed by atoms with Gasteiger partial charge in [-0.3, -0.25) is 4.79 Å². The number of carboxylic acid groups (broad SMARTS) is 1. The van der Waals surface area contributed by atoms with Crippen LogP contribution in [0.5, 0.6) is 5.75 Å². The van der Waals surface area contributed by atoms with Crippen molar-refractivity contribution >= 4 is 5.97 Å². The van der Waals surface area contributed by atoms with Crippen LogP contribution in [0.15, 0.2) is 54.6 Å². The summed E-state index contributed by atoms with van der Waals surface area (Å²) in [6.45, 7) is 1.77. The monoisotopic (exact) mass is 354 g/mol. The number of hydrogen-bond acceptors (Lipinski definition) is 3. The average Bonchev–Trinajstić information content (AvgIpc) is 2.66. The Labute approximate surface area is 154 Å². The van der Waals surface area contributed by atoms with Gasteiger partial charge in [0, 0.05) is 5.92 Å². The third-order valence-electron chi connectivity index (χ3n) is 5.96. The first kappa shape index (κ1) is 18.5. The van der Waals surface area contributed by atoms with Crippen LogP contribution in [0, 0.1) is 11.3 Å². The number of ether oxygens (including phenoxy) is 1. The Morgan fingerprint density at radius 3 is 2.35 bits per heavy atom. The predicted molar refractivity (Wildman–Crippen MR) is 100 cm³/mol. The molecule has 138 valence electrons. The van der Waals surface area contributed by atoms with Crippen LogP contribution in [0.25, 0.3) is 0 Å². The molecular weight excluding hydrogens is 328 g/mol. The minimum Gasteiger partial charge on any atom is -0.497 e. The van der Waals surface area contributed by atoms with Crippen molar-refractivity contribution in [2.24, 2.45) is 11.3 Å². The van der Waals surface area contributed by atoms with E-state index in [-0.39, 0.29) is 0 Å². The minimum absolute atomic E-state index is 0.419. The molecule has 2 aromatic rings. The SMILES string of the molecule is COc1ccc([C@@]2(O)CCC[C@](C)(C(=O)O)[C@H]2Cc2ccccc2)cc1. The fourth-order valence-corrected chi connectivity index (χ4v) is 4.33. The van der Waals surface area contributed by atoms with Gasteiger partial charge in [-0.1, -0.05) is 42.5 Å². The van der Waals surface area contributed by atoms with Gasteiger partial charge in [-0.2, -0.15) is 0 Å². The number of methoxy groups -OCH3 is 1. The summed E-state index contributed by atoms with van der Waals surface area (Å²) in [5.41, 5.74) is -0.374. The summed E-state index contributed by atoms with van der Waals surface area (Å²) in [7, 11) is 1.60. The van der Waals surface area contributed by atoms with E-state index in [9.17, 15) is 15.0 Å². The summed E-state index contributed by atoms with van der Waals surface area (Å²) in [5, 5.41) is 21.7. The fraction of sp³-hybridized carbons (Fsp3) is 0.409. The molecule has 1 aliphatic rings. The molecule has 2 aromatic carbocycles. The molecule has 0 bridgehead atoms. The second-order valence-electron chi connectivity index (χ2n) is 7.47. The highest BCUT2D eigenvalue weighted by Gasteiger charge is 2.55.